The summed E-state index contributed by atoms with van der Waals surface area (Å²) in [6.45, 7) is 3.28. The molecule has 0 unspecified atom stereocenters. The molecule has 0 saturated heterocycles. The van der Waals surface area contributed by atoms with E-state index in [0.717, 1.165) is 32.1 Å². The monoisotopic (exact) mass is 280 g/mol. The van der Waals surface area contributed by atoms with Gasteiger partial charge in [-0.1, -0.05) is 26.2 Å². The van der Waals surface area contributed by atoms with Crippen molar-refractivity contribution in [1.29, 1.82) is 0 Å². The Bertz CT molecular complexity index is 422. The topological polar surface area (TPSA) is 55.1 Å². The lowest BCUT2D eigenvalue weighted by molar-refractivity contribution is -0.132. The molecule has 106 valence electrons. The van der Waals surface area contributed by atoms with E-state index in [1.54, 1.807) is 11.3 Å². The van der Waals surface area contributed by atoms with Gasteiger partial charge < -0.3 is 11.1 Å². The predicted octanol–water partition coefficient (Wildman–Crippen LogP) is 2.84. The van der Waals surface area contributed by atoms with Crippen LogP contribution in [0.25, 0.3) is 0 Å². The van der Waals surface area contributed by atoms with Gasteiger partial charge in [0.05, 0.1) is 12.0 Å². The Morgan fingerprint density at radius 1 is 1.42 bits per heavy atom. The number of nitrogens with two attached hydrogens (primary N) is 1. The lowest BCUT2D eigenvalue weighted by Gasteiger charge is -2.34. The van der Waals surface area contributed by atoms with E-state index in [4.69, 9.17) is 5.73 Å². The van der Waals surface area contributed by atoms with E-state index in [1.807, 2.05) is 0 Å². The molecule has 19 heavy (non-hydrogen) atoms. The van der Waals surface area contributed by atoms with E-state index < -0.39 is 0 Å². The van der Waals surface area contributed by atoms with Crippen LogP contribution in [-0.2, 0) is 17.8 Å². The highest BCUT2D eigenvalue weighted by atomic mass is 32.1. The molecule has 1 saturated carbocycles. The van der Waals surface area contributed by atoms with Crippen LogP contribution in [0, 0.1) is 5.41 Å². The van der Waals surface area contributed by atoms with Crippen molar-refractivity contribution >= 4 is 17.2 Å². The minimum atomic E-state index is -0.304. The first kappa shape index (κ1) is 14.5. The molecule has 1 heterocycles. The zero-order chi connectivity index (χ0) is 13.7. The lowest BCUT2D eigenvalue weighted by Crippen LogP contribution is -2.46. The minimum absolute atomic E-state index is 0.158. The van der Waals surface area contributed by atoms with Gasteiger partial charge in [0.15, 0.2) is 0 Å². The van der Waals surface area contributed by atoms with Crippen LogP contribution in [-0.4, -0.2) is 12.5 Å². The fraction of sp³-hybridized carbons (Fsp3) is 0.667. The average Bonchev–Trinajstić information content (AvgIpc) is 2.92. The van der Waals surface area contributed by atoms with Crippen LogP contribution in [0.2, 0.25) is 0 Å². The molecule has 0 aliphatic heterocycles. The van der Waals surface area contributed by atoms with E-state index >= 15 is 0 Å². The molecule has 1 aliphatic carbocycles. The quantitative estimate of drug-likeness (QED) is 0.871. The Labute approximate surface area is 119 Å². The highest BCUT2D eigenvalue weighted by molar-refractivity contribution is 7.10. The number of hydrogen-bond acceptors (Lipinski definition) is 3. The van der Waals surface area contributed by atoms with Gasteiger partial charge in [0.25, 0.3) is 0 Å². The highest BCUT2D eigenvalue weighted by Crippen LogP contribution is 2.35. The molecule has 2 rings (SSSR count). The number of nitrogens with one attached hydrogen (secondary N) is 1. The Morgan fingerprint density at radius 2 is 2.16 bits per heavy atom. The lowest BCUT2D eigenvalue weighted by atomic mass is 9.73. The van der Waals surface area contributed by atoms with Gasteiger partial charge in [-0.05, 0) is 36.3 Å². The molecule has 0 atom stereocenters. The smallest absolute Gasteiger partial charge is 0.227 e. The van der Waals surface area contributed by atoms with E-state index in [0.29, 0.717) is 13.1 Å². The highest BCUT2D eigenvalue weighted by Gasteiger charge is 2.37. The number of amides is 1. The predicted molar refractivity (Wildman–Crippen MR) is 80.1 cm³/mol. The van der Waals surface area contributed by atoms with Crippen molar-refractivity contribution in [2.24, 2.45) is 11.1 Å². The van der Waals surface area contributed by atoms with Crippen LogP contribution in [0.4, 0.5) is 0 Å². The number of aryl methyl sites for hydroxylation is 1. The van der Waals surface area contributed by atoms with E-state index in [2.05, 4.69) is 23.7 Å². The van der Waals surface area contributed by atoms with Crippen LogP contribution in [0.15, 0.2) is 11.4 Å². The fourth-order valence-corrected chi connectivity index (χ4v) is 3.85. The summed E-state index contributed by atoms with van der Waals surface area (Å²) in [5.41, 5.74) is 6.93. The number of carbonyl (C=O) groups excluding carboxylic acids is 1. The maximum atomic E-state index is 12.5. The summed E-state index contributed by atoms with van der Waals surface area (Å²) in [5.74, 6) is 0.158. The van der Waals surface area contributed by atoms with Gasteiger partial charge in [-0.15, -0.1) is 11.3 Å². The van der Waals surface area contributed by atoms with Crippen molar-refractivity contribution in [3.63, 3.8) is 0 Å². The molecule has 1 amide bonds. The van der Waals surface area contributed by atoms with E-state index in [9.17, 15) is 4.79 Å². The second kappa shape index (κ2) is 6.53. The number of hydrogen-bond donors (Lipinski definition) is 2. The second-order valence-corrected chi connectivity index (χ2v) is 6.45. The van der Waals surface area contributed by atoms with Gasteiger partial charge in [-0.2, -0.15) is 0 Å². The van der Waals surface area contributed by atoms with Gasteiger partial charge in [-0.25, -0.2) is 0 Å². The van der Waals surface area contributed by atoms with Crippen LogP contribution in [0.5, 0.6) is 0 Å². The molecule has 0 radical (unpaired) electrons. The summed E-state index contributed by atoms with van der Waals surface area (Å²) in [4.78, 5) is 13.7. The maximum absolute atomic E-state index is 12.5. The molecule has 1 aromatic heterocycles. The third-order valence-electron chi connectivity index (χ3n) is 4.31. The normalized spacial score (nSPS) is 18.2. The van der Waals surface area contributed by atoms with Crippen molar-refractivity contribution in [1.82, 2.24) is 5.32 Å². The van der Waals surface area contributed by atoms with E-state index in [1.165, 1.54) is 16.9 Å². The first-order valence-corrected chi connectivity index (χ1v) is 8.13. The van der Waals surface area contributed by atoms with Gasteiger partial charge in [-0.3, -0.25) is 4.79 Å². The largest absolute Gasteiger partial charge is 0.351 e. The first-order chi connectivity index (χ1) is 9.22. The summed E-state index contributed by atoms with van der Waals surface area (Å²) in [6.07, 6.45) is 6.41. The molecular weight excluding hydrogens is 256 g/mol. The second-order valence-electron chi connectivity index (χ2n) is 5.45. The zero-order valence-corrected chi connectivity index (χ0v) is 12.5. The number of rotatable bonds is 5. The summed E-state index contributed by atoms with van der Waals surface area (Å²) < 4.78 is 0. The standard InChI is InChI=1S/C15H24N2OS/c1-2-12-6-9-19-13(12)10-17-14(18)15(11-16)7-4-3-5-8-15/h6,9H,2-5,7-8,10-11,16H2,1H3,(H,17,18). The average molecular weight is 280 g/mol. The minimum Gasteiger partial charge on any atom is -0.351 e. The zero-order valence-electron chi connectivity index (χ0n) is 11.7. The Hall–Kier alpha value is -0.870. The summed E-state index contributed by atoms with van der Waals surface area (Å²) in [7, 11) is 0. The van der Waals surface area contributed by atoms with Crippen molar-refractivity contribution < 1.29 is 4.79 Å². The van der Waals surface area contributed by atoms with Crippen LogP contribution in [0.3, 0.4) is 0 Å². The molecular formula is C15H24N2OS. The fourth-order valence-electron chi connectivity index (χ4n) is 2.94. The van der Waals surface area contributed by atoms with E-state index in [-0.39, 0.29) is 11.3 Å². The van der Waals surface area contributed by atoms with Gasteiger partial charge >= 0.3 is 0 Å². The third-order valence-corrected chi connectivity index (χ3v) is 5.27. The molecule has 4 heteroatoms. The molecule has 1 aliphatic rings. The van der Waals surface area contributed by atoms with Gasteiger partial charge in [0.1, 0.15) is 0 Å². The van der Waals surface area contributed by atoms with Crippen LogP contribution < -0.4 is 11.1 Å². The summed E-state index contributed by atoms with van der Waals surface area (Å²) in [6, 6.07) is 2.14. The molecule has 0 spiro atoms. The van der Waals surface area contributed by atoms with Crippen LogP contribution in [0.1, 0.15) is 49.5 Å². The SMILES string of the molecule is CCc1ccsc1CNC(=O)C1(CN)CCCCC1. The van der Waals surface area contributed by atoms with Crippen LogP contribution >= 0.6 is 11.3 Å². The summed E-state index contributed by atoms with van der Waals surface area (Å²) in [5, 5.41) is 5.21. The molecule has 0 bridgehead atoms. The summed E-state index contributed by atoms with van der Waals surface area (Å²) >= 11 is 1.72. The van der Waals surface area contributed by atoms with Crippen molar-refractivity contribution in [3.8, 4) is 0 Å². The van der Waals surface area contributed by atoms with Gasteiger partial charge in [0, 0.05) is 11.4 Å². The first-order valence-electron chi connectivity index (χ1n) is 7.25. The maximum Gasteiger partial charge on any atom is 0.227 e. The van der Waals surface area contributed by atoms with Crippen molar-refractivity contribution in [2.75, 3.05) is 6.54 Å². The molecule has 3 nitrogen and oxygen atoms in total. The molecule has 3 N–H and O–H groups in total. The Morgan fingerprint density at radius 3 is 2.79 bits per heavy atom. The Kier molecular flexibility index (Phi) is 4.99. The van der Waals surface area contributed by atoms with Gasteiger partial charge in [0.2, 0.25) is 5.91 Å². The number of carbonyl (C=O) groups is 1. The Balaban J connectivity index is 1.96. The molecule has 1 fully saturated rings. The van der Waals surface area contributed by atoms with Crippen molar-refractivity contribution in [2.45, 2.75) is 52.0 Å². The molecule has 1 aromatic rings. The molecule has 0 aromatic carbocycles. The third kappa shape index (κ3) is 3.18. The van der Waals surface area contributed by atoms with Crippen molar-refractivity contribution in [3.05, 3.63) is 21.9 Å². The number of thiophene rings is 1.